The molecular weight excluding hydrogens is 356 g/mol. The molecular formula is C22H21ClN4. The van der Waals surface area contributed by atoms with E-state index in [0.717, 1.165) is 54.3 Å². The van der Waals surface area contributed by atoms with Crippen LogP contribution in [0.5, 0.6) is 0 Å². The fourth-order valence-corrected chi connectivity index (χ4v) is 4.17. The van der Waals surface area contributed by atoms with Gasteiger partial charge in [0.1, 0.15) is 5.52 Å². The molecule has 0 spiro atoms. The van der Waals surface area contributed by atoms with Crippen LogP contribution in [0.1, 0.15) is 5.56 Å². The molecule has 0 N–H and O–H groups in total. The van der Waals surface area contributed by atoms with Gasteiger partial charge in [-0.3, -0.25) is 9.88 Å². The Morgan fingerprint density at radius 3 is 2.48 bits per heavy atom. The van der Waals surface area contributed by atoms with Crippen LogP contribution in [0.3, 0.4) is 0 Å². The monoisotopic (exact) mass is 376 g/mol. The molecule has 2 aromatic heterocycles. The van der Waals surface area contributed by atoms with Gasteiger partial charge < -0.3 is 9.30 Å². The molecule has 0 atom stereocenters. The van der Waals surface area contributed by atoms with Crippen LogP contribution in [0.4, 0.5) is 5.69 Å². The van der Waals surface area contributed by atoms with Gasteiger partial charge in [-0.05, 0) is 23.8 Å². The summed E-state index contributed by atoms with van der Waals surface area (Å²) in [6.45, 7) is 5.16. The second-order valence-corrected chi connectivity index (χ2v) is 7.48. The van der Waals surface area contributed by atoms with Crippen molar-refractivity contribution in [2.75, 3.05) is 31.1 Å². The van der Waals surface area contributed by atoms with E-state index >= 15 is 0 Å². The molecule has 4 nitrogen and oxygen atoms in total. The van der Waals surface area contributed by atoms with Crippen molar-refractivity contribution in [1.82, 2.24) is 14.3 Å². The third kappa shape index (κ3) is 3.05. The first kappa shape index (κ1) is 16.6. The first-order valence-electron chi connectivity index (χ1n) is 9.35. The molecule has 1 fully saturated rings. The van der Waals surface area contributed by atoms with E-state index in [4.69, 9.17) is 16.6 Å². The van der Waals surface area contributed by atoms with Crippen LogP contribution in [-0.2, 0) is 6.54 Å². The summed E-state index contributed by atoms with van der Waals surface area (Å²) in [6, 6.07) is 19.0. The number of nitrogens with zero attached hydrogens (tertiary/aromatic N) is 4. The van der Waals surface area contributed by atoms with E-state index < -0.39 is 0 Å². The SMILES string of the molecule is Clc1ccn2c1cnc1c(N3CCN(Cc4ccccc4)CC3)cccc12. The summed E-state index contributed by atoms with van der Waals surface area (Å²) in [5, 5.41) is 0.740. The fraction of sp³-hybridized carbons (Fsp3) is 0.227. The first-order valence-corrected chi connectivity index (χ1v) is 9.73. The molecule has 5 heteroatoms. The Hall–Kier alpha value is -2.56. The Bertz CT molecular complexity index is 1080. The minimum atomic E-state index is 0.740. The number of para-hydroxylation sites is 1. The molecule has 0 unspecified atom stereocenters. The number of benzene rings is 2. The number of halogens is 1. The van der Waals surface area contributed by atoms with Crippen molar-refractivity contribution >= 4 is 33.8 Å². The molecule has 1 saturated heterocycles. The Kier molecular flexibility index (Phi) is 4.23. The van der Waals surface area contributed by atoms with Gasteiger partial charge in [0.05, 0.1) is 27.9 Å². The second kappa shape index (κ2) is 6.87. The van der Waals surface area contributed by atoms with Crippen LogP contribution in [0.25, 0.3) is 16.6 Å². The highest BCUT2D eigenvalue weighted by Crippen LogP contribution is 2.29. The molecule has 3 heterocycles. The first-order chi connectivity index (χ1) is 13.3. The summed E-state index contributed by atoms with van der Waals surface area (Å²) >= 11 is 6.27. The van der Waals surface area contributed by atoms with Crippen LogP contribution in [0.15, 0.2) is 67.0 Å². The Morgan fingerprint density at radius 2 is 1.67 bits per heavy atom. The van der Waals surface area contributed by atoms with E-state index in [9.17, 15) is 0 Å². The summed E-state index contributed by atoms with van der Waals surface area (Å²) in [6.07, 6.45) is 3.89. The summed E-state index contributed by atoms with van der Waals surface area (Å²) in [5.74, 6) is 0. The lowest BCUT2D eigenvalue weighted by molar-refractivity contribution is 0.250. The van der Waals surface area contributed by atoms with Gasteiger partial charge in [0.25, 0.3) is 0 Å². The van der Waals surface area contributed by atoms with Gasteiger partial charge in [-0.1, -0.05) is 48.0 Å². The standard InChI is InChI=1S/C22H21ClN4/c23-18-9-10-27-20-8-4-7-19(22(20)24-15-21(18)27)26-13-11-25(12-14-26)16-17-5-2-1-3-6-17/h1-10,15H,11-14,16H2. The second-order valence-electron chi connectivity index (χ2n) is 7.07. The van der Waals surface area contributed by atoms with Crippen molar-refractivity contribution in [3.8, 4) is 0 Å². The van der Waals surface area contributed by atoms with E-state index in [2.05, 4.69) is 62.7 Å². The molecule has 0 aliphatic carbocycles. The van der Waals surface area contributed by atoms with Gasteiger partial charge in [0.2, 0.25) is 0 Å². The normalized spacial score (nSPS) is 15.7. The molecule has 4 aromatic rings. The van der Waals surface area contributed by atoms with Crippen molar-refractivity contribution in [2.24, 2.45) is 0 Å². The Balaban J connectivity index is 1.39. The minimum absolute atomic E-state index is 0.740. The molecule has 136 valence electrons. The fourth-order valence-electron chi connectivity index (χ4n) is 3.97. The van der Waals surface area contributed by atoms with E-state index in [-0.39, 0.29) is 0 Å². The molecule has 2 aromatic carbocycles. The topological polar surface area (TPSA) is 23.8 Å². The maximum Gasteiger partial charge on any atom is 0.110 e. The summed E-state index contributed by atoms with van der Waals surface area (Å²) in [7, 11) is 0. The number of hydrogen-bond donors (Lipinski definition) is 0. The molecule has 0 saturated carbocycles. The largest absolute Gasteiger partial charge is 0.367 e. The van der Waals surface area contributed by atoms with Gasteiger partial charge >= 0.3 is 0 Å². The zero-order valence-corrected chi connectivity index (χ0v) is 15.8. The van der Waals surface area contributed by atoms with Crippen LogP contribution >= 0.6 is 11.6 Å². The third-order valence-corrected chi connectivity index (χ3v) is 5.72. The Morgan fingerprint density at radius 1 is 0.852 bits per heavy atom. The van der Waals surface area contributed by atoms with Gasteiger partial charge in [-0.15, -0.1) is 0 Å². The lowest BCUT2D eigenvalue weighted by Gasteiger charge is -2.36. The van der Waals surface area contributed by atoms with Gasteiger partial charge in [-0.2, -0.15) is 0 Å². The zero-order chi connectivity index (χ0) is 18.2. The lowest BCUT2D eigenvalue weighted by Crippen LogP contribution is -2.46. The average Bonchev–Trinajstić information content (AvgIpc) is 3.10. The van der Waals surface area contributed by atoms with Gasteiger partial charge in [0, 0.05) is 38.9 Å². The molecule has 5 rings (SSSR count). The van der Waals surface area contributed by atoms with Crippen LogP contribution < -0.4 is 4.90 Å². The molecule has 27 heavy (non-hydrogen) atoms. The summed E-state index contributed by atoms with van der Waals surface area (Å²) in [4.78, 5) is 9.72. The van der Waals surface area contributed by atoms with Crippen molar-refractivity contribution in [1.29, 1.82) is 0 Å². The molecule has 0 radical (unpaired) electrons. The molecule has 0 amide bonds. The smallest absolute Gasteiger partial charge is 0.110 e. The van der Waals surface area contributed by atoms with E-state index in [0.29, 0.717) is 0 Å². The highest BCUT2D eigenvalue weighted by molar-refractivity contribution is 6.34. The zero-order valence-electron chi connectivity index (χ0n) is 15.1. The summed E-state index contributed by atoms with van der Waals surface area (Å²) in [5.41, 5.74) is 5.68. The predicted octanol–water partition coefficient (Wildman–Crippen LogP) is 4.46. The maximum atomic E-state index is 6.27. The molecule has 1 aliphatic rings. The number of aromatic nitrogens is 2. The van der Waals surface area contributed by atoms with Crippen LogP contribution in [0.2, 0.25) is 5.02 Å². The number of hydrogen-bond acceptors (Lipinski definition) is 3. The molecule has 0 bridgehead atoms. The van der Waals surface area contributed by atoms with E-state index in [1.54, 1.807) is 0 Å². The third-order valence-electron chi connectivity index (χ3n) is 5.41. The van der Waals surface area contributed by atoms with E-state index in [1.807, 2.05) is 18.5 Å². The van der Waals surface area contributed by atoms with Crippen LogP contribution in [-0.4, -0.2) is 40.5 Å². The number of fused-ring (bicyclic) bond motifs is 3. The average molecular weight is 377 g/mol. The van der Waals surface area contributed by atoms with Crippen molar-refractivity contribution in [2.45, 2.75) is 6.54 Å². The highest BCUT2D eigenvalue weighted by atomic mass is 35.5. The van der Waals surface area contributed by atoms with Crippen LogP contribution in [0, 0.1) is 0 Å². The quantitative estimate of drug-likeness (QED) is 0.527. The van der Waals surface area contributed by atoms with Crippen molar-refractivity contribution in [3.05, 3.63) is 77.6 Å². The van der Waals surface area contributed by atoms with Crippen molar-refractivity contribution < 1.29 is 0 Å². The lowest BCUT2D eigenvalue weighted by atomic mass is 10.1. The van der Waals surface area contributed by atoms with Gasteiger partial charge in [0.15, 0.2) is 0 Å². The highest BCUT2D eigenvalue weighted by Gasteiger charge is 2.20. The Labute approximate surface area is 163 Å². The number of anilines is 1. The predicted molar refractivity (Wildman–Crippen MR) is 112 cm³/mol. The van der Waals surface area contributed by atoms with Crippen molar-refractivity contribution in [3.63, 3.8) is 0 Å². The molecule has 1 aliphatic heterocycles. The minimum Gasteiger partial charge on any atom is -0.367 e. The number of rotatable bonds is 3. The van der Waals surface area contributed by atoms with E-state index in [1.165, 1.54) is 11.3 Å². The maximum absolute atomic E-state index is 6.27. The summed E-state index contributed by atoms with van der Waals surface area (Å²) < 4.78 is 2.12. The number of piperazine rings is 1. The van der Waals surface area contributed by atoms with Gasteiger partial charge in [-0.25, -0.2) is 0 Å².